The van der Waals surface area contributed by atoms with Crippen LogP contribution in [0.25, 0.3) is 0 Å². The van der Waals surface area contributed by atoms with Crippen LogP contribution in [0, 0.1) is 0 Å². The van der Waals surface area contributed by atoms with Crippen LogP contribution in [0.15, 0.2) is 0 Å². The van der Waals surface area contributed by atoms with Gasteiger partial charge in [0, 0.05) is 25.1 Å². The fourth-order valence-corrected chi connectivity index (χ4v) is 1.96. The van der Waals surface area contributed by atoms with Gasteiger partial charge in [0.15, 0.2) is 0 Å². The highest BCUT2D eigenvalue weighted by Crippen LogP contribution is 2.28. The van der Waals surface area contributed by atoms with E-state index >= 15 is 0 Å². The third kappa shape index (κ3) is 2.02. The van der Waals surface area contributed by atoms with Crippen molar-refractivity contribution in [2.75, 3.05) is 13.2 Å². The average molecular weight is 185 g/mol. The van der Waals surface area contributed by atoms with Gasteiger partial charge in [0.05, 0.1) is 0 Å². The molecule has 1 atom stereocenters. The molecule has 0 aromatic carbocycles. The summed E-state index contributed by atoms with van der Waals surface area (Å²) in [5, 5.41) is 8.94. The number of rotatable bonds is 4. The van der Waals surface area contributed by atoms with Crippen LogP contribution in [0.2, 0.25) is 0 Å². The first kappa shape index (κ1) is 10.5. The second kappa shape index (κ2) is 4.09. The summed E-state index contributed by atoms with van der Waals surface area (Å²) in [4.78, 5) is 13.4. The summed E-state index contributed by atoms with van der Waals surface area (Å²) in [6.45, 7) is 5.16. The van der Waals surface area contributed by atoms with E-state index in [1.165, 1.54) is 0 Å². The van der Waals surface area contributed by atoms with Gasteiger partial charge in [-0.25, -0.2) is 0 Å². The third-order valence-electron chi connectivity index (χ3n) is 3.14. The molecule has 1 heterocycles. The van der Waals surface area contributed by atoms with Crippen molar-refractivity contribution in [3.8, 4) is 0 Å². The number of hydrogen-bond donors (Lipinski definition) is 1. The molecule has 0 spiro atoms. The molecule has 1 aliphatic heterocycles. The Morgan fingerprint density at radius 3 is 2.69 bits per heavy atom. The van der Waals surface area contributed by atoms with Crippen molar-refractivity contribution in [2.45, 2.75) is 45.1 Å². The highest BCUT2D eigenvalue weighted by atomic mass is 16.3. The van der Waals surface area contributed by atoms with Gasteiger partial charge in [-0.1, -0.05) is 6.92 Å². The number of likely N-dealkylation sites (tertiary alicyclic amines) is 1. The second-order valence-corrected chi connectivity index (χ2v) is 3.97. The minimum Gasteiger partial charge on any atom is -0.396 e. The molecular weight excluding hydrogens is 166 g/mol. The Morgan fingerprint density at radius 2 is 2.31 bits per heavy atom. The first-order chi connectivity index (χ1) is 6.14. The van der Waals surface area contributed by atoms with E-state index in [1.54, 1.807) is 0 Å². The molecule has 3 heteroatoms. The zero-order valence-electron chi connectivity index (χ0n) is 8.55. The molecule has 1 unspecified atom stereocenters. The Labute approximate surface area is 79.7 Å². The largest absolute Gasteiger partial charge is 0.396 e. The average Bonchev–Trinajstić information content (AvgIpc) is 2.52. The summed E-state index contributed by atoms with van der Waals surface area (Å²) < 4.78 is 0. The van der Waals surface area contributed by atoms with Gasteiger partial charge in [-0.15, -0.1) is 0 Å². The van der Waals surface area contributed by atoms with Gasteiger partial charge >= 0.3 is 0 Å². The lowest BCUT2D eigenvalue weighted by molar-refractivity contribution is -0.133. The number of carbonyl (C=O) groups excluding carboxylic acids is 1. The van der Waals surface area contributed by atoms with Crippen molar-refractivity contribution in [3.05, 3.63) is 0 Å². The molecule has 0 aromatic heterocycles. The minimum atomic E-state index is -0.123. The first-order valence-corrected chi connectivity index (χ1v) is 5.05. The van der Waals surface area contributed by atoms with Crippen molar-refractivity contribution in [3.63, 3.8) is 0 Å². The molecule has 0 radical (unpaired) electrons. The van der Waals surface area contributed by atoms with E-state index in [4.69, 9.17) is 5.11 Å². The molecular formula is C10H19NO2. The van der Waals surface area contributed by atoms with Gasteiger partial charge in [0.25, 0.3) is 0 Å². The first-order valence-electron chi connectivity index (χ1n) is 5.05. The van der Waals surface area contributed by atoms with Crippen LogP contribution in [0.3, 0.4) is 0 Å². The predicted molar refractivity (Wildman–Crippen MR) is 51.3 cm³/mol. The van der Waals surface area contributed by atoms with Crippen LogP contribution in [0.5, 0.6) is 0 Å². The van der Waals surface area contributed by atoms with E-state index < -0.39 is 0 Å². The van der Waals surface area contributed by atoms with Crippen molar-refractivity contribution in [1.82, 2.24) is 4.90 Å². The number of amides is 1. The zero-order valence-corrected chi connectivity index (χ0v) is 8.55. The van der Waals surface area contributed by atoms with Gasteiger partial charge in [0.2, 0.25) is 5.91 Å². The molecule has 1 aliphatic rings. The second-order valence-electron chi connectivity index (χ2n) is 3.97. The lowest BCUT2D eigenvalue weighted by atomic mass is 9.93. The van der Waals surface area contributed by atoms with Crippen molar-refractivity contribution < 1.29 is 9.90 Å². The molecule has 3 nitrogen and oxygen atoms in total. The lowest BCUT2D eigenvalue weighted by Crippen LogP contribution is -2.47. The molecule has 0 aromatic rings. The van der Waals surface area contributed by atoms with Gasteiger partial charge in [-0.3, -0.25) is 4.79 Å². The number of carbonyl (C=O) groups is 1. The standard InChI is InChI=1S/C10H19NO2/c1-3-10(2,6-8-12)11-7-4-5-9(11)13/h12H,3-8H2,1-2H3. The molecule has 1 fully saturated rings. The molecule has 0 aliphatic carbocycles. The summed E-state index contributed by atoms with van der Waals surface area (Å²) in [5.41, 5.74) is -0.123. The molecule has 1 rings (SSSR count). The topological polar surface area (TPSA) is 40.5 Å². The van der Waals surface area contributed by atoms with Crippen LogP contribution >= 0.6 is 0 Å². The SMILES string of the molecule is CCC(C)(CCO)N1CCCC1=O. The van der Waals surface area contributed by atoms with Gasteiger partial charge in [-0.05, 0) is 26.2 Å². The molecule has 1 N–H and O–H groups in total. The Bertz CT molecular complexity index is 193. The highest BCUT2D eigenvalue weighted by molar-refractivity contribution is 5.78. The number of nitrogens with zero attached hydrogens (tertiary/aromatic N) is 1. The van der Waals surface area contributed by atoms with E-state index in [0.29, 0.717) is 12.8 Å². The smallest absolute Gasteiger partial charge is 0.223 e. The van der Waals surface area contributed by atoms with E-state index in [1.807, 2.05) is 4.90 Å². The van der Waals surface area contributed by atoms with Crippen LogP contribution in [-0.4, -0.2) is 34.6 Å². The quantitative estimate of drug-likeness (QED) is 0.714. The number of aliphatic hydroxyl groups excluding tert-OH is 1. The van der Waals surface area contributed by atoms with E-state index in [9.17, 15) is 4.79 Å². The van der Waals surface area contributed by atoms with Gasteiger partial charge in [-0.2, -0.15) is 0 Å². The normalized spacial score (nSPS) is 22.1. The molecule has 1 amide bonds. The van der Waals surface area contributed by atoms with Crippen molar-refractivity contribution in [2.24, 2.45) is 0 Å². The molecule has 76 valence electrons. The van der Waals surface area contributed by atoms with Crippen LogP contribution in [-0.2, 0) is 4.79 Å². The fraction of sp³-hybridized carbons (Fsp3) is 0.900. The lowest BCUT2D eigenvalue weighted by Gasteiger charge is -2.38. The maximum absolute atomic E-state index is 11.5. The summed E-state index contributed by atoms with van der Waals surface area (Å²) in [7, 11) is 0. The summed E-state index contributed by atoms with van der Waals surface area (Å²) in [6.07, 6.45) is 3.26. The monoisotopic (exact) mass is 185 g/mol. The molecule has 13 heavy (non-hydrogen) atoms. The van der Waals surface area contributed by atoms with E-state index in [2.05, 4.69) is 13.8 Å². The minimum absolute atomic E-state index is 0.123. The number of aliphatic hydroxyl groups is 1. The van der Waals surface area contributed by atoms with Crippen LogP contribution in [0.4, 0.5) is 0 Å². The molecule has 0 bridgehead atoms. The Balaban J connectivity index is 2.68. The maximum Gasteiger partial charge on any atom is 0.223 e. The molecule has 0 saturated carbocycles. The summed E-state index contributed by atoms with van der Waals surface area (Å²) in [6, 6.07) is 0. The Morgan fingerprint density at radius 1 is 1.62 bits per heavy atom. The zero-order chi connectivity index (χ0) is 9.90. The highest BCUT2D eigenvalue weighted by Gasteiger charge is 2.35. The Hall–Kier alpha value is -0.570. The Kier molecular flexibility index (Phi) is 3.31. The van der Waals surface area contributed by atoms with E-state index in [0.717, 1.165) is 19.4 Å². The molecule has 1 saturated heterocycles. The third-order valence-corrected chi connectivity index (χ3v) is 3.14. The van der Waals surface area contributed by atoms with E-state index in [-0.39, 0.29) is 18.1 Å². The van der Waals surface area contributed by atoms with Crippen LogP contribution < -0.4 is 0 Å². The van der Waals surface area contributed by atoms with Gasteiger partial charge < -0.3 is 10.0 Å². The number of hydrogen-bond acceptors (Lipinski definition) is 2. The van der Waals surface area contributed by atoms with Crippen molar-refractivity contribution >= 4 is 5.91 Å². The fourth-order valence-electron chi connectivity index (χ4n) is 1.96. The summed E-state index contributed by atoms with van der Waals surface area (Å²) in [5.74, 6) is 0.248. The summed E-state index contributed by atoms with van der Waals surface area (Å²) >= 11 is 0. The van der Waals surface area contributed by atoms with Crippen LogP contribution in [0.1, 0.15) is 39.5 Å². The maximum atomic E-state index is 11.5. The van der Waals surface area contributed by atoms with Gasteiger partial charge in [0.1, 0.15) is 0 Å². The predicted octanol–water partition coefficient (Wildman–Crippen LogP) is 1.16. The van der Waals surface area contributed by atoms with Crippen molar-refractivity contribution in [1.29, 1.82) is 0 Å².